The number of phosphoric ester groups is 1. The van der Waals surface area contributed by atoms with Crippen molar-refractivity contribution in [3.63, 3.8) is 0 Å². The molecule has 3 rings (SSSR count). The number of allylic oxidation sites excluding steroid dienone is 3. The topological polar surface area (TPSA) is 44.8 Å². The molecule has 0 spiro atoms. The van der Waals surface area contributed by atoms with Gasteiger partial charge in [-0.3, -0.25) is 0 Å². The van der Waals surface area contributed by atoms with Crippen LogP contribution in [0.5, 0.6) is 11.5 Å². The minimum Gasteiger partial charge on any atom is -0.386 e. The van der Waals surface area contributed by atoms with Crippen molar-refractivity contribution in [1.29, 1.82) is 0 Å². The van der Waals surface area contributed by atoms with Gasteiger partial charge in [-0.2, -0.15) is 4.57 Å². The Kier molecular flexibility index (Phi) is 4.84. The summed E-state index contributed by atoms with van der Waals surface area (Å²) in [5, 5.41) is 0. The Morgan fingerprint density at radius 1 is 0.739 bits per heavy atom. The molecule has 0 radical (unpaired) electrons. The van der Waals surface area contributed by atoms with Gasteiger partial charge in [-0.1, -0.05) is 42.5 Å². The molecule has 0 amide bonds. The Balaban J connectivity index is 1.84. The van der Waals surface area contributed by atoms with E-state index in [0.717, 1.165) is 12.8 Å². The third kappa shape index (κ3) is 4.51. The first kappa shape index (κ1) is 15.4. The quantitative estimate of drug-likeness (QED) is 0.657. The van der Waals surface area contributed by atoms with Crippen LogP contribution in [0.2, 0.25) is 0 Å². The lowest BCUT2D eigenvalue weighted by molar-refractivity contribution is 0.261. The van der Waals surface area contributed by atoms with E-state index in [1.54, 1.807) is 54.6 Å². The van der Waals surface area contributed by atoms with Crippen molar-refractivity contribution in [1.82, 2.24) is 0 Å². The Hall–Kier alpha value is -2.45. The van der Waals surface area contributed by atoms with Gasteiger partial charge >= 0.3 is 7.82 Å². The summed E-state index contributed by atoms with van der Waals surface area (Å²) in [5.41, 5.74) is 0. The van der Waals surface area contributed by atoms with Crippen LogP contribution in [0.1, 0.15) is 12.8 Å². The molecule has 0 N–H and O–H groups in total. The summed E-state index contributed by atoms with van der Waals surface area (Å²) in [4.78, 5) is 0. The van der Waals surface area contributed by atoms with Crippen LogP contribution in [0.25, 0.3) is 0 Å². The summed E-state index contributed by atoms with van der Waals surface area (Å²) >= 11 is 0. The fourth-order valence-electron chi connectivity index (χ4n) is 2.06. The van der Waals surface area contributed by atoms with E-state index in [1.807, 2.05) is 24.3 Å². The molecular weight excluding hydrogens is 311 g/mol. The highest BCUT2D eigenvalue weighted by Crippen LogP contribution is 2.51. The van der Waals surface area contributed by atoms with Gasteiger partial charge in [0.1, 0.15) is 17.3 Å². The first-order valence-corrected chi connectivity index (χ1v) is 8.85. The molecule has 0 saturated carbocycles. The maximum atomic E-state index is 13.1. The van der Waals surface area contributed by atoms with E-state index >= 15 is 0 Å². The van der Waals surface area contributed by atoms with Crippen LogP contribution < -0.4 is 9.05 Å². The van der Waals surface area contributed by atoms with Crippen LogP contribution >= 0.6 is 7.82 Å². The zero-order valence-corrected chi connectivity index (χ0v) is 13.4. The normalized spacial score (nSPS) is 14.0. The zero-order chi connectivity index (χ0) is 16.0. The van der Waals surface area contributed by atoms with Crippen molar-refractivity contribution in [3.8, 4) is 11.5 Å². The Bertz CT molecular complexity index is 693. The molecule has 1 aliphatic rings. The Morgan fingerprint density at radius 3 is 1.78 bits per heavy atom. The second kappa shape index (κ2) is 7.21. The van der Waals surface area contributed by atoms with Crippen molar-refractivity contribution in [2.75, 3.05) is 0 Å². The lowest BCUT2D eigenvalue weighted by Crippen LogP contribution is -2.05. The maximum Gasteiger partial charge on any atom is 0.647 e. The second-order valence-electron chi connectivity index (χ2n) is 4.93. The molecular formula is C18H17O4P. The minimum absolute atomic E-state index is 0.423. The highest BCUT2D eigenvalue weighted by Gasteiger charge is 2.33. The largest absolute Gasteiger partial charge is 0.647 e. The number of hydrogen-bond donors (Lipinski definition) is 0. The highest BCUT2D eigenvalue weighted by atomic mass is 31.2. The summed E-state index contributed by atoms with van der Waals surface area (Å²) in [6.07, 6.45) is 7.39. The number of hydrogen-bond acceptors (Lipinski definition) is 4. The van der Waals surface area contributed by atoms with Crippen molar-refractivity contribution < 1.29 is 18.1 Å². The molecule has 0 atom stereocenters. The van der Waals surface area contributed by atoms with Crippen LogP contribution in [-0.2, 0) is 9.09 Å². The molecule has 5 heteroatoms. The molecule has 0 aromatic heterocycles. The molecule has 118 valence electrons. The lowest BCUT2D eigenvalue weighted by Gasteiger charge is -2.20. The van der Waals surface area contributed by atoms with Gasteiger partial charge in [-0.15, -0.1) is 0 Å². The van der Waals surface area contributed by atoms with E-state index in [-0.39, 0.29) is 0 Å². The van der Waals surface area contributed by atoms with Crippen LogP contribution in [0.3, 0.4) is 0 Å². The van der Waals surface area contributed by atoms with Gasteiger partial charge in [0.2, 0.25) is 0 Å². The molecule has 0 bridgehead atoms. The van der Waals surface area contributed by atoms with Crippen molar-refractivity contribution in [2.24, 2.45) is 0 Å². The van der Waals surface area contributed by atoms with Crippen LogP contribution in [-0.4, -0.2) is 0 Å². The summed E-state index contributed by atoms with van der Waals surface area (Å²) in [5.74, 6) is 1.34. The standard InChI is InChI=1S/C18H17O4P/c19-23(20-16-10-4-1-5-11-16,21-17-12-6-2-7-13-17)22-18-14-8-3-9-15-18/h1-2,4-8,10-15H,3,9H2. The van der Waals surface area contributed by atoms with E-state index < -0.39 is 7.82 Å². The van der Waals surface area contributed by atoms with Crippen molar-refractivity contribution >= 4 is 7.82 Å². The number of benzene rings is 2. The molecule has 2 aromatic rings. The highest BCUT2D eigenvalue weighted by molar-refractivity contribution is 7.49. The van der Waals surface area contributed by atoms with Gasteiger partial charge < -0.3 is 13.6 Å². The second-order valence-corrected chi connectivity index (χ2v) is 6.38. The van der Waals surface area contributed by atoms with E-state index in [9.17, 15) is 4.57 Å². The third-order valence-corrected chi connectivity index (χ3v) is 4.40. The van der Waals surface area contributed by atoms with Gasteiger partial charge in [-0.05, 0) is 49.3 Å². The first-order chi connectivity index (χ1) is 11.2. The average molecular weight is 328 g/mol. The number of para-hydroxylation sites is 2. The predicted molar refractivity (Wildman–Crippen MR) is 89.3 cm³/mol. The SMILES string of the molecule is O=P(OC1=CCCC=C1)(Oc1ccccc1)Oc1ccccc1. The van der Waals surface area contributed by atoms with E-state index in [2.05, 4.69) is 0 Å². The zero-order valence-electron chi connectivity index (χ0n) is 12.5. The fraction of sp³-hybridized carbons (Fsp3) is 0.111. The van der Waals surface area contributed by atoms with Crippen LogP contribution in [0.4, 0.5) is 0 Å². The van der Waals surface area contributed by atoms with Gasteiger partial charge in [0.15, 0.2) is 0 Å². The molecule has 0 heterocycles. The molecule has 2 aromatic carbocycles. The van der Waals surface area contributed by atoms with E-state index in [4.69, 9.17) is 13.6 Å². The minimum atomic E-state index is -3.85. The summed E-state index contributed by atoms with van der Waals surface area (Å²) in [6, 6.07) is 17.7. The van der Waals surface area contributed by atoms with Gasteiger partial charge in [0.25, 0.3) is 0 Å². The van der Waals surface area contributed by atoms with Crippen molar-refractivity contribution in [2.45, 2.75) is 12.8 Å². The molecule has 0 saturated heterocycles. The average Bonchev–Trinajstić information content (AvgIpc) is 2.57. The first-order valence-electron chi connectivity index (χ1n) is 7.39. The molecule has 0 unspecified atom stereocenters. The Labute approximate surface area is 135 Å². The van der Waals surface area contributed by atoms with E-state index in [1.165, 1.54) is 0 Å². The van der Waals surface area contributed by atoms with E-state index in [0.29, 0.717) is 17.3 Å². The number of phosphoric acid groups is 1. The predicted octanol–water partition coefficient (Wildman–Crippen LogP) is 5.50. The monoisotopic (exact) mass is 328 g/mol. The third-order valence-electron chi connectivity index (χ3n) is 3.10. The number of rotatable bonds is 6. The smallest absolute Gasteiger partial charge is 0.386 e. The van der Waals surface area contributed by atoms with Crippen molar-refractivity contribution in [3.05, 3.63) is 84.7 Å². The molecule has 0 aliphatic heterocycles. The molecule has 1 aliphatic carbocycles. The molecule has 23 heavy (non-hydrogen) atoms. The summed E-state index contributed by atoms with van der Waals surface area (Å²) in [6.45, 7) is 0. The van der Waals surface area contributed by atoms with Gasteiger partial charge in [-0.25, -0.2) is 0 Å². The Morgan fingerprint density at radius 2 is 1.30 bits per heavy atom. The lowest BCUT2D eigenvalue weighted by atomic mass is 10.2. The molecule has 0 fully saturated rings. The van der Waals surface area contributed by atoms with Crippen LogP contribution in [0, 0.1) is 0 Å². The summed E-state index contributed by atoms with van der Waals surface area (Å²) in [7, 11) is -3.85. The van der Waals surface area contributed by atoms with Gasteiger partial charge in [0.05, 0.1) is 0 Å². The fourth-order valence-corrected chi connectivity index (χ4v) is 3.33. The molecule has 4 nitrogen and oxygen atoms in total. The maximum absolute atomic E-state index is 13.1. The summed E-state index contributed by atoms with van der Waals surface area (Å²) < 4.78 is 29.7. The van der Waals surface area contributed by atoms with Gasteiger partial charge in [0, 0.05) is 0 Å². The van der Waals surface area contributed by atoms with Crippen LogP contribution in [0.15, 0.2) is 84.7 Å².